The number of alkyl halides is 2. The fourth-order valence-corrected chi connectivity index (χ4v) is 2.49. The molecule has 1 N–H and O–H groups in total. The van der Waals surface area contributed by atoms with Crippen LogP contribution in [-0.2, 0) is 4.79 Å². The Morgan fingerprint density at radius 2 is 2.00 bits per heavy atom. The second kappa shape index (κ2) is 6.41. The van der Waals surface area contributed by atoms with Crippen LogP contribution in [0.3, 0.4) is 0 Å². The van der Waals surface area contributed by atoms with Crippen molar-refractivity contribution in [3.8, 4) is 5.88 Å². The van der Waals surface area contributed by atoms with E-state index in [1.807, 2.05) is 0 Å². The van der Waals surface area contributed by atoms with E-state index in [2.05, 4.69) is 15.3 Å². The number of amides is 1. The Kier molecular flexibility index (Phi) is 4.77. The monoisotopic (exact) mass is 314 g/mol. The zero-order valence-corrected chi connectivity index (χ0v) is 12.9. The molecule has 1 fully saturated rings. The third kappa shape index (κ3) is 3.61. The first-order chi connectivity index (χ1) is 10.3. The molecule has 1 aliphatic carbocycles. The molecule has 1 heterocycles. The predicted molar refractivity (Wildman–Crippen MR) is 78.4 cm³/mol. The maximum atomic E-state index is 13.2. The second-order valence-corrected chi connectivity index (χ2v) is 5.60. The molecule has 6 nitrogen and oxygen atoms in total. The third-order valence-corrected chi connectivity index (χ3v) is 3.75. The first kappa shape index (κ1) is 16.4. The van der Waals surface area contributed by atoms with E-state index in [1.165, 1.54) is 13.4 Å². The molecular weight excluding hydrogens is 294 g/mol. The van der Waals surface area contributed by atoms with Gasteiger partial charge in [0.05, 0.1) is 7.11 Å². The van der Waals surface area contributed by atoms with E-state index < -0.39 is 11.8 Å². The van der Waals surface area contributed by atoms with Gasteiger partial charge in [-0.2, -0.15) is 4.98 Å². The highest BCUT2D eigenvalue weighted by atomic mass is 19.3. The maximum absolute atomic E-state index is 13.2. The van der Waals surface area contributed by atoms with Crippen LogP contribution < -0.4 is 15.0 Å². The second-order valence-electron chi connectivity index (χ2n) is 5.60. The zero-order chi connectivity index (χ0) is 16.3. The molecule has 8 heteroatoms. The molecule has 0 saturated heterocycles. The number of carbonyl (C=O) groups excluding carboxylic acids is 1. The lowest BCUT2D eigenvalue weighted by molar-refractivity contribution is -0.124. The van der Waals surface area contributed by atoms with E-state index in [9.17, 15) is 13.6 Å². The van der Waals surface area contributed by atoms with E-state index in [4.69, 9.17) is 4.74 Å². The number of hydrogen-bond acceptors (Lipinski definition) is 5. The number of methoxy groups -OCH3 is 1. The molecule has 1 aliphatic rings. The fraction of sp³-hybridized carbons (Fsp3) is 0.643. The fourth-order valence-electron chi connectivity index (χ4n) is 2.49. The molecule has 2 rings (SSSR count). The molecule has 1 amide bonds. The molecule has 0 aliphatic heterocycles. The minimum atomic E-state index is -2.65. The predicted octanol–water partition coefficient (Wildman–Crippen LogP) is 2.32. The van der Waals surface area contributed by atoms with E-state index >= 15 is 0 Å². The molecule has 0 unspecified atom stereocenters. The molecular formula is C14H20F2N4O2. The summed E-state index contributed by atoms with van der Waals surface area (Å²) in [5, 5.41) is 2.73. The van der Waals surface area contributed by atoms with Crippen LogP contribution in [0, 0.1) is 5.92 Å². The van der Waals surface area contributed by atoms with Crippen molar-refractivity contribution in [2.24, 2.45) is 5.92 Å². The SMILES string of the molecule is COc1ncnc(N(C)C)c1NC(=O)C1CCC(F)(F)CC1. The lowest BCUT2D eigenvalue weighted by Gasteiger charge is -2.28. The summed E-state index contributed by atoms with van der Waals surface area (Å²) in [4.78, 5) is 22.1. The maximum Gasteiger partial charge on any atom is 0.248 e. The van der Waals surface area contributed by atoms with Gasteiger partial charge in [0.25, 0.3) is 0 Å². The quantitative estimate of drug-likeness (QED) is 0.924. The number of aromatic nitrogens is 2. The van der Waals surface area contributed by atoms with Gasteiger partial charge >= 0.3 is 0 Å². The zero-order valence-electron chi connectivity index (χ0n) is 12.9. The standard InChI is InChI=1S/C14H20F2N4O2/c1-20(2)11-10(13(22-3)18-8-17-11)19-12(21)9-4-6-14(15,16)7-5-9/h8-9H,4-7H2,1-3H3,(H,19,21). The number of halogens is 2. The minimum absolute atomic E-state index is 0.173. The smallest absolute Gasteiger partial charge is 0.248 e. The van der Waals surface area contributed by atoms with Crippen molar-refractivity contribution < 1.29 is 18.3 Å². The third-order valence-electron chi connectivity index (χ3n) is 3.75. The van der Waals surface area contributed by atoms with Crippen molar-refractivity contribution >= 4 is 17.4 Å². The van der Waals surface area contributed by atoms with Crippen molar-refractivity contribution in [1.29, 1.82) is 0 Å². The number of anilines is 2. The number of ether oxygens (including phenoxy) is 1. The molecule has 22 heavy (non-hydrogen) atoms. The van der Waals surface area contributed by atoms with Gasteiger partial charge in [-0.05, 0) is 12.8 Å². The summed E-state index contributed by atoms with van der Waals surface area (Å²) >= 11 is 0. The van der Waals surface area contributed by atoms with Crippen LogP contribution in [0.1, 0.15) is 25.7 Å². The summed E-state index contributed by atoms with van der Waals surface area (Å²) in [5.41, 5.74) is 0.359. The number of hydrogen-bond donors (Lipinski definition) is 1. The Labute approximate surface area is 127 Å². The Balaban J connectivity index is 2.15. The van der Waals surface area contributed by atoms with Crippen LogP contribution in [0.2, 0.25) is 0 Å². The van der Waals surface area contributed by atoms with Crippen molar-refractivity contribution in [2.45, 2.75) is 31.6 Å². The van der Waals surface area contributed by atoms with Crippen LogP contribution in [0.5, 0.6) is 5.88 Å². The lowest BCUT2D eigenvalue weighted by atomic mass is 9.86. The van der Waals surface area contributed by atoms with Gasteiger partial charge < -0.3 is 15.0 Å². The van der Waals surface area contributed by atoms with Crippen molar-refractivity contribution in [2.75, 3.05) is 31.4 Å². The van der Waals surface area contributed by atoms with Crippen LogP contribution in [-0.4, -0.2) is 43.0 Å². The van der Waals surface area contributed by atoms with Gasteiger partial charge in [-0.25, -0.2) is 13.8 Å². The highest BCUT2D eigenvalue weighted by molar-refractivity contribution is 5.96. The largest absolute Gasteiger partial charge is 0.479 e. The van der Waals surface area contributed by atoms with E-state index in [1.54, 1.807) is 19.0 Å². The Bertz CT molecular complexity index is 542. The van der Waals surface area contributed by atoms with Crippen molar-refractivity contribution in [3.63, 3.8) is 0 Å². The first-order valence-corrected chi connectivity index (χ1v) is 7.09. The van der Waals surface area contributed by atoms with Crippen molar-refractivity contribution in [1.82, 2.24) is 9.97 Å². The molecule has 0 bridgehead atoms. The molecule has 0 radical (unpaired) electrons. The minimum Gasteiger partial charge on any atom is -0.479 e. The molecule has 122 valence electrons. The Hall–Kier alpha value is -1.99. The van der Waals surface area contributed by atoms with Crippen LogP contribution in [0.25, 0.3) is 0 Å². The molecule has 1 saturated carbocycles. The average molecular weight is 314 g/mol. The van der Waals surface area contributed by atoms with Crippen LogP contribution in [0.15, 0.2) is 6.33 Å². The number of rotatable bonds is 4. The number of carbonyl (C=O) groups is 1. The summed E-state index contributed by atoms with van der Waals surface area (Å²) in [7, 11) is 5.00. The summed E-state index contributed by atoms with van der Waals surface area (Å²) in [5.74, 6) is -2.64. The highest BCUT2D eigenvalue weighted by Gasteiger charge is 2.37. The van der Waals surface area contributed by atoms with Gasteiger partial charge in [0.2, 0.25) is 17.7 Å². The van der Waals surface area contributed by atoms with Gasteiger partial charge in [0.1, 0.15) is 12.0 Å². The van der Waals surface area contributed by atoms with Gasteiger partial charge in [-0.15, -0.1) is 0 Å². The lowest BCUT2D eigenvalue weighted by Crippen LogP contribution is -2.32. The summed E-state index contributed by atoms with van der Waals surface area (Å²) in [6, 6.07) is 0. The normalized spacial score (nSPS) is 17.9. The van der Waals surface area contributed by atoms with E-state index in [0.717, 1.165) is 0 Å². The first-order valence-electron chi connectivity index (χ1n) is 7.09. The van der Waals surface area contributed by atoms with Crippen molar-refractivity contribution in [3.05, 3.63) is 6.33 Å². The summed E-state index contributed by atoms with van der Waals surface area (Å²) in [6.07, 6.45) is 1.17. The highest BCUT2D eigenvalue weighted by Crippen LogP contribution is 2.37. The van der Waals surface area contributed by atoms with E-state index in [0.29, 0.717) is 11.5 Å². The van der Waals surface area contributed by atoms with Gasteiger partial charge in [0.15, 0.2) is 5.82 Å². The molecule has 0 atom stereocenters. The van der Waals surface area contributed by atoms with Crippen LogP contribution in [0.4, 0.5) is 20.3 Å². The Morgan fingerprint density at radius 1 is 1.36 bits per heavy atom. The summed E-state index contributed by atoms with van der Waals surface area (Å²) in [6.45, 7) is 0. The number of nitrogens with one attached hydrogen (secondary N) is 1. The van der Waals surface area contributed by atoms with Gasteiger partial charge in [-0.3, -0.25) is 4.79 Å². The molecule has 0 aromatic carbocycles. The molecule has 1 aromatic heterocycles. The average Bonchev–Trinajstić information content (AvgIpc) is 2.46. The molecule has 1 aromatic rings. The number of nitrogens with zero attached hydrogens (tertiary/aromatic N) is 3. The Morgan fingerprint density at radius 3 is 2.55 bits per heavy atom. The van der Waals surface area contributed by atoms with Crippen LogP contribution >= 0.6 is 0 Å². The summed E-state index contributed by atoms with van der Waals surface area (Å²) < 4.78 is 31.5. The topological polar surface area (TPSA) is 67.4 Å². The van der Waals surface area contributed by atoms with Gasteiger partial charge in [-0.1, -0.05) is 0 Å². The molecule has 0 spiro atoms. The van der Waals surface area contributed by atoms with Gasteiger partial charge in [0, 0.05) is 32.9 Å². The van der Waals surface area contributed by atoms with E-state index in [-0.39, 0.29) is 37.5 Å².